The van der Waals surface area contributed by atoms with Crippen molar-refractivity contribution >= 4 is 28.3 Å². The minimum Gasteiger partial charge on any atom is -0.306 e. The summed E-state index contributed by atoms with van der Waals surface area (Å²) in [4.78, 5) is 24.4. The van der Waals surface area contributed by atoms with Crippen LogP contribution in [0.3, 0.4) is 0 Å². The lowest BCUT2D eigenvalue weighted by molar-refractivity contribution is 0.0991. The summed E-state index contributed by atoms with van der Waals surface area (Å²) in [6.07, 6.45) is 10.0. The standard InChI is InChI=1S/C26H27N5OS/c1-30-9-6-24(7-10-30)33-26-13-19(5-8-27-26)25(32)14-23-12-21-11-18(3-4-20(21)15-28-23)22-16-29-31(2)17-22/h3-5,8,11-13,15-17,24H,6-7,9-10,14H2,1-2H3. The van der Waals surface area contributed by atoms with Crippen molar-refractivity contribution in [3.05, 3.63) is 72.4 Å². The van der Waals surface area contributed by atoms with Gasteiger partial charge in [-0.3, -0.25) is 14.5 Å². The summed E-state index contributed by atoms with van der Waals surface area (Å²) in [5.41, 5.74) is 3.65. The van der Waals surface area contributed by atoms with Gasteiger partial charge < -0.3 is 4.90 Å². The first-order valence-corrected chi connectivity index (χ1v) is 12.1. The molecule has 1 aliphatic rings. The highest BCUT2D eigenvalue weighted by atomic mass is 32.2. The Labute approximate surface area is 198 Å². The van der Waals surface area contributed by atoms with Crippen molar-refractivity contribution in [3.63, 3.8) is 0 Å². The van der Waals surface area contributed by atoms with E-state index < -0.39 is 0 Å². The minimum atomic E-state index is 0.0675. The lowest BCUT2D eigenvalue weighted by Gasteiger charge is -2.28. The zero-order valence-corrected chi connectivity index (χ0v) is 19.8. The van der Waals surface area contributed by atoms with Gasteiger partial charge in [0.15, 0.2) is 5.78 Å². The maximum Gasteiger partial charge on any atom is 0.168 e. The van der Waals surface area contributed by atoms with Gasteiger partial charge in [0.25, 0.3) is 0 Å². The van der Waals surface area contributed by atoms with Gasteiger partial charge in [-0.05, 0) is 68.2 Å². The number of carbonyl (C=O) groups excluding carboxylic acids is 1. The number of nitrogens with zero attached hydrogens (tertiary/aromatic N) is 5. The smallest absolute Gasteiger partial charge is 0.168 e. The third-order valence-corrected chi connectivity index (χ3v) is 7.44. The van der Waals surface area contributed by atoms with Crippen molar-refractivity contribution in [2.24, 2.45) is 7.05 Å². The number of benzene rings is 1. The van der Waals surface area contributed by atoms with Gasteiger partial charge in [-0.1, -0.05) is 12.1 Å². The van der Waals surface area contributed by atoms with Crippen LogP contribution in [0.25, 0.3) is 21.9 Å². The van der Waals surface area contributed by atoms with E-state index in [9.17, 15) is 4.79 Å². The maximum atomic E-state index is 13.0. The molecule has 0 spiro atoms. The molecule has 0 aliphatic carbocycles. The molecule has 1 aliphatic heterocycles. The van der Waals surface area contributed by atoms with Crippen molar-refractivity contribution in [2.45, 2.75) is 29.5 Å². The van der Waals surface area contributed by atoms with E-state index in [1.807, 2.05) is 43.8 Å². The molecule has 0 atom stereocenters. The van der Waals surface area contributed by atoms with Gasteiger partial charge in [0, 0.05) is 53.1 Å². The van der Waals surface area contributed by atoms with Gasteiger partial charge in [-0.2, -0.15) is 5.10 Å². The second-order valence-electron chi connectivity index (χ2n) is 8.74. The maximum absolute atomic E-state index is 13.0. The second-order valence-corrected chi connectivity index (χ2v) is 10.1. The molecule has 4 aromatic rings. The average molecular weight is 458 g/mol. The number of aromatic nitrogens is 4. The monoisotopic (exact) mass is 457 g/mol. The molecule has 0 radical (unpaired) electrons. The third-order valence-electron chi connectivity index (χ3n) is 6.17. The first kappa shape index (κ1) is 21.8. The zero-order chi connectivity index (χ0) is 22.8. The molecule has 1 aromatic carbocycles. The fraction of sp³-hybridized carbons (Fsp3) is 0.308. The summed E-state index contributed by atoms with van der Waals surface area (Å²) in [7, 11) is 4.08. The molecule has 6 nitrogen and oxygen atoms in total. The molecule has 1 saturated heterocycles. The number of pyridine rings is 2. The van der Waals surface area contributed by atoms with E-state index >= 15 is 0 Å². The molecular weight excluding hydrogens is 430 g/mol. The minimum absolute atomic E-state index is 0.0675. The highest BCUT2D eigenvalue weighted by molar-refractivity contribution is 7.99. The molecule has 5 rings (SSSR count). The first-order valence-electron chi connectivity index (χ1n) is 11.3. The number of rotatable bonds is 6. The van der Waals surface area contributed by atoms with Gasteiger partial charge in [-0.15, -0.1) is 11.8 Å². The van der Waals surface area contributed by atoms with Gasteiger partial charge in [0.05, 0.1) is 17.6 Å². The van der Waals surface area contributed by atoms with Crippen molar-refractivity contribution in [3.8, 4) is 11.1 Å². The van der Waals surface area contributed by atoms with Crippen LogP contribution < -0.4 is 0 Å². The van der Waals surface area contributed by atoms with E-state index in [-0.39, 0.29) is 12.2 Å². The van der Waals surface area contributed by atoms with Gasteiger partial charge in [0.2, 0.25) is 0 Å². The zero-order valence-electron chi connectivity index (χ0n) is 18.9. The molecule has 33 heavy (non-hydrogen) atoms. The predicted octanol–water partition coefficient (Wildman–Crippen LogP) is 4.64. The van der Waals surface area contributed by atoms with Crippen LogP contribution in [-0.4, -0.2) is 55.8 Å². The molecule has 0 saturated carbocycles. The molecule has 4 heterocycles. The molecule has 3 aromatic heterocycles. The average Bonchev–Trinajstić information content (AvgIpc) is 3.26. The summed E-state index contributed by atoms with van der Waals surface area (Å²) in [5, 5.41) is 7.89. The molecule has 0 amide bonds. The largest absolute Gasteiger partial charge is 0.306 e. The quantitative estimate of drug-likeness (QED) is 0.393. The summed E-state index contributed by atoms with van der Waals surface area (Å²) in [5.74, 6) is 0.0675. The normalized spacial score (nSPS) is 15.2. The van der Waals surface area contributed by atoms with Crippen LogP contribution in [0.2, 0.25) is 0 Å². The first-order chi connectivity index (χ1) is 16.0. The third kappa shape index (κ3) is 5.15. The number of hydrogen-bond acceptors (Lipinski definition) is 6. The van der Waals surface area contributed by atoms with Gasteiger partial charge in [0.1, 0.15) is 0 Å². The summed E-state index contributed by atoms with van der Waals surface area (Å²) in [6.45, 7) is 2.23. The van der Waals surface area contributed by atoms with Crippen molar-refractivity contribution in [1.29, 1.82) is 0 Å². The topological polar surface area (TPSA) is 63.9 Å². The molecule has 0 N–H and O–H groups in total. The SMILES string of the molecule is CN1CCC(Sc2cc(C(=O)Cc3cc4cc(-c5cnn(C)c5)ccc4cn3)ccn2)CC1. The number of likely N-dealkylation sites (tertiary alicyclic amines) is 1. The number of ketones is 1. The number of thioether (sulfide) groups is 1. The predicted molar refractivity (Wildman–Crippen MR) is 133 cm³/mol. The molecular formula is C26H27N5OS. The molecule has 0 unspecified atom stereocenters. The van der Waals surface area contributed by atoms with Gasteiger partial charge >= 0.3 is 0 Å². The van der Waals surface area contributed by atoms with Crippen LogP contribution in [0.5, 0.6) is 0 Å². The Bertz CT molecular complexity index is 1290. The molecule has 1 fully saturated rings. The molecule has 7 heteroatoms. The fourth-order valence-corrected chi connectivity index (χ4v) is 5.33. The Kier molecular flexibility index (Phi) is 6.24. The molecule has 168 valence electrons. The van der Waals surface area contributed by atoms with Crippen LogP contribution in [-0.2, 0) is 13.5 Å². The number of hydrogen-bond donors (Lipinski definition) is 0. The van der Waals surface area contributed by atoms with Gasteiger partial charge in [-0.25, -0.2) is 4.98 Å². The van der Waals surface area contributed by atoms with Crippen LogP contribution in [0, 0.1) is 0 Å². The van der Waals surface area contributed by atoms with Crippen LogP contribution in [0.1, 0.15) is 28.9 Å². The Morgan fingerprint density at radius 2 is 1.85 bits per heavy atom. The Morgan fingerprint density at radius 3 is 2.64 bits per heavy atom. The van der Waals surface area contributed by atoms with E-state index in [1.54, 1.807) is 22.6 Å². The summed E-state index contributed by atoms with van der Waals surface area (Å²) in [6, 6.07) is 12.0. The van der Waals surface area contributed by atoms with Crippen molar-refractivity contribution in [2.75, 3.05) is 20.1 Å². The summed E-state index contributed by atoms with van der Waals surface area (Å²) >= 11 is 1.80. The Hall–Kier alpha value is -3.03. The second kappa shape index (κ2) is 9.45. The summed E-state index contributed by atoms with van der Waals surface area (Å²) < 4.78 is 1.80. The number of carbonyl (C=O) groups is 1. The van der Waals surface area contributed by atoms with Crippen molar-refractivity contribution in [1.82, 2.24) is 24.6 Å². The van der Waals surface area contributed by atoms with E-state index in [0.717, 1.165) is 58.6 Å². The highest BCUT2D eigenvalue weighted by Gasteiger charge is 2.19. The van der Waals surface area contributed by atoms with E-state index in [1.165, 1.54) is 0 Å². The lowest BCUT2D eigenvalue weighted by atomic mass is 10.0. The van der Waals surface area contributed by atoms with Crippen LogP contribution in [0.4, 0.5) is 0 Å². The fourth-order valence-electron chi connectivity index (χ4n) is 4.22. The van der Waals surface area contributed by atoms with E-state index in [2.05, 4.69) is 45.2 Å². The lowest BCUT2D eigenvalue weighted by Crippen LogP contribution is -2.31. The van der Waals surface area contributed by atoms with Crippen LogP contribution in [0.15, 0.2) is 66.2 Å². The highest BCUT2D eigenvalue weighted by Crippen LogP contribution is 2.29. The van der Waals surface area contributed by atoms with E-state index in [0.29, 0.717) is 10.8 Å². The molecule has 0 bridgehead atoms. The van der Waals surface area contributed by atoms with E-state index in [4.69, 9.17) is 0 Å². The number of piperidine rings is 1. The number of Topliss-reactive ketones (excluding diaryl/α,β-unsaturated/α-hetero) is 1. The Balaban J connectivity index is 1.31. The number of aryl methyl sites for hydroxylation is 1. The van der Waals surface area contributed by atoms with Crippen molar-refractivity contribution < 1.29 is 4.79 Å². The Morgan fingerprint density at radius 1 is 1.00 bits per heavy atom. The van der Waals surface area contributed by atoms with Crippen LogP contribution >= 0.6 is 11.8 Å². The number of fused-ring (bicyclic) bond motifs is 1.